The summed E-state index contributed by atoms with van der Waals surface area (Å²) < 4.78 is 6.73. The van der Waals surface area contributed by atoms with Crippen molar-refractivity contribution in [1.82, 2.24) is 4.57 Å². The zero-order valence-corrected chi connectivity index (χ0v) is 18.2. The molecule has 0 bridgehead atoms. The Morgan fingerprint density at radius 1 is 1.00 bits per heavy atom. The summed E-state index contributed by atoms with van der Waals surface area (Å²) >= 11 is 1.62. The van der Waals surface area contributed by atoms with Crippen LogP contribution in [0.2, 0.25) is 0 Å². The molecule has 0 amide bonds. The molecule has 1 aromatic heterocycles. The SMILES string of the molecule is COC(=O)CCn1c(C)cc(C(=O)CSc2c(C)c(C)cc(C)c2C)c1C. The first-order valence-corrected chi connectivity index (χ1v) is 10.1. The number of nitrogens with zero attached hydrogens (tertiary/aromatic N) is 1. The molecule has 0 atom stereocenters. The Balaban J connectivity index is 2.17. The Hall–Kier alpha value is -2.01. The molecule has 5 heteroatoms. The van der Waals surface area contributed by atoms with Gasteiger partial charge in [0.25, 0.3) is 0 Å². The van der Waals surface area contributed by atoms with Gasteiger partial charge in [0.1, 0.15) is 0 Å². The minimum atomic E-state index is -0.244. The van der Waals surface area contributed by atoms with E-state index < -0.39 is 0 Å². The fourth-order valence-corrected chi connectivity index (χ4v) is 4.53. The lowest BCUT2D eigenvalue weighted by Crippen LogP contribution is -2.10. The van der Waals surface area contributed by atoms with Crippen molar-refractivity contribution in [2.45, 2.75) is 59.4 Å². The highest BCUT2D eigenvalue weighted by Crippen LogP contribution is 2.31. The van der Waals surface area contributed by atoms with Crippen molar-refractivity contribution in [3.05, 3.63) is 51.3 Å². The van der Waals surface area contributed by atoms with Gasteiger partial charge in [-0.3, -0.25) is 9.59 Å². The van der Waals surface area contributed by atoms with Gasteiger partial charge in [-0.2, -0.15) is 0 Å². The number of methoxy groups -OCH3 is 1. The molecule has 0 aliphatic heterocycles. The molecule has 0 aliphatic rings. The quantitative estimate of drug-likeness (QED) is 0.386. The molecule has 0 aliphatic carbocycles. The number of benzene rings is 1. The number of carbonyl (C=O) groups excluding carboxylic acids is 2. The molecule has 2 aromatic rings. The summed E-state index contributed by atoms with van der Waals surface area (Å²) in [7, 11) is 1.39. The van der Waals surface area contributed by atoms with Crippen LogP contribution >= 0.6 is 11.8 Å². The van der Waals surface area contributed by atoms with Crippen LogP contribution < -0.4 is 0 Å². The fraction of sp³-hybridized carbons (Fsp3) is 0.455. The molecule has 0 saturated heterocycles. The van der Waals surface area contributed by atoms with Crippen molar-refractivity contribution in [2.24, 2.45) is 0 Å². The predicted octanol–water partition coefficient (Wildman–Crippen LogP) is 4.88. The lowest BCUT2D eigenvalue weighted by molar-refractivity contribution is -0.140. The number of hydrogen-bond donors (Lipinski definition) is 0. The standard InChI is InChI=1S/C22H29NO3S/c1-13-10-14(2)17(5)22(16(13)4)27-12-20(24)19-11-15(3)23(18(19)6)9-8-21(25)26-7/h10-11H,8-9,12H2,1-7H3. The molecule has 1 aromatic carbocycles. The Morgan fingerprint density at radius 2 is 1.59 bits per heavy atom. The lowest BCUT2D eigenvalue weighted by atomic mass is 10.0. The monoisotopic (exact) mass is 387 g/mol. The highest BCUT2D eigenvalue weighted by atomic mass is 32.2. The number of ether oxygens (including phenoxy) is 1. The maximum absolute atomic E-state index is 12.9. The van der Waals surface area contributed by atoms with Crippen LogP contribution in [-0.4, -0.2) is 29.2 Å². The number of ketones is 1. The van der Waals surface area contributed by atoms with E-state index in [1.165, 1.54) is 34.3 Å². The Morgan fingerprint density at radius 3 is 2.15 bits per heavy atom. The van der Waals surface area contributed by atoms with Crippen LogP contribution in [0.3, 0.4) is 0 Å². The number of hydrogen-bond acceptors (Lipinski definition) is 4. The first-order chi connectivity index (χ1) is 12.7. The molecular weight excluding hydrogens is 358 g/mol. The van der Waals surface area contributed by atoms with Gasteiger partial charge in [0.2, 0.25) is 0 Å². The van der Waals surface area contributed by atoms with E-state index in [0.717, 1.165) is 17.0 Å². The molecule has 0 saturated carbocycles. The average Bonchev–Trinajstić information content (AvgIpc) is 2.91. The van der Waals surface area contributed by atoms with Gasteiger partial charge in [0.05, 0.1) is 19.3 Å². The Kier molecular flexibility index (Phi) is 6.93. The summed E-state index contributed by atoms with van der Waals surface area (Å²) in [6, 6.07) is 4.13. The van der Waals surface area contributed by atoms with Gasteiger partial charge < -0.3 is 9.30 Å². The number of aryl methyl sites for hydroxylation is 3. The van der Waals surface area contributed by atoms with Gasteiger partial charge in [0, 0.05) is 28.4 Å². The third-order valence-corrected chi connectivity index (χ3v) is 6.59. The van der Waals surface area contributed by atoms with Crippen molar-refractivity contribution in [2.75, 3.05) is 12.9 Å². The zero-order valence-electron chi connectivity index (χ0n) is 17.4. The van der Waals surface area contributed by atoms with Crippen molar-refractivity contribution in [1.29, 1.82) is 0 Å². The van der Waals surface area contributed by atoms with E-state index in [9.17, 15) is 9.59 Å². The number of esters is 1. The van der Waals surface area contributed by atoms with Crippen molar-refractivity contribution in [3.63, 3.8) is 0 Å². The topological polar surface area (TPSA) is 48.3 Å². The highest BCUT2D eigenvalue weighted by Gasteiger charge is 2.18. The van der Waals surface area contributed by atoms with Gasteiger partial charge >= 0.3 is 5.97 Å². The molecule has 0 N–H and O–H groups in total. The van der Waals surface area contributed by atoms with Crippen LogP contribution in [0, 0.1) is 41.5 Å². The second kappa shape index (κ2) is 8.79. The summed E-state index contributed by atoms with van der Waals surface area (Å²) in [5, 5.41) is 0. The molecule has 4 nitrogen and oxygen atoms in total. The van der Waals surface area contributed by atoms with Crippen molar-refractivity contribution in [3.8, 4) is 0 Å². The highest BCUT2D eigenvalue weighted by molar-refractivity contribution is 8.00. The summed E-state index contributed by atoms with van der Waals surface area (Å²) in [5.74, 6) is 0.286. The Labute approximate surface area is 166 Å². The maximum atomic E-state index is 12.9. The van der Waals surface area contributed by atoms with Crippen LogP contribution in [-0.2, 0) is 16.1 Å². The molecule has 27 heavy (non-hydrogen) atoms. The first kappa shape index (κ1) is 21.3. The second-order valence-corrected chi connectivity index (χ2v) is 8.05. The van der Waals surface area contributed by atoms with E-state index in [1.807, 2.05) is 24.5 Å². The molecule has 0 fully saturated rings. The Bertz CT molecular complexity index is 854. The number of carbonyl (C=O) groups is 2. The van der Waals surface area contributed by atoms with Crippen LogP contribution in [0.25, 0.3) is 0 Å². The van der Waals surface area contributed by atoms with Crippen LogP contribution in [0.4, 0.5) is 0 Å². The normalized spacial score (nSPS) is 10.9. The van der Waals surface area contributed by atoms with Crippen LogP contribution in [0.5, 0.6) is 0 Å². The van der Waals surface area contributed by atoms with E-state index in [2.05, 4.69) is 33.8 Å². The third kappa shape index (κ3) is 4.64. The minimum Gasteiger partial charge on any atom is -0.469 e. The summed E-state index contributed by atoms with van der Waals surface area (Å²) in [6.07, 6.45) is 0.302. The van der Waals surface area contributed by atoms with Gasteiger partial charge in [0.15, 0.2) is 5.78 Å². The number of aromatic nitrogens is 1. The number of Topliss-reactive ketones (excluding diaryl/α,β-unsaturated/α-hetero) is 1. The minimum absolute atomic E-state index is 0.121. The predicted molar refractivity (Wildman–Crippen MR) is 111 cm³/mol. The van der Waals surface area contributed by atoms with E-state index in [0.29, 0.717) is 18.7 Å². The van der Waals surface area contributed by atoms with E-state index in [1.54, 1.807) is 11.8 Å². The lowest BCUT2D eigenvalue weighted by Gasteiger charge is -2.14. The summed E-state index contributed by atoms with van der Waals surface area (Å²) in [4.78, 5) is 25.5. The van der Waals surface area contributed by atoms with Gasteiger partial charge in [-0.05, 0) is 69.9 Å². The van der Waals surface area contributed by atoms with Gasteiger partial charge in [-0.15, -0.1) is 11.8 Å². The number of thioether (sulfide) groups is 1. The number of rotatable bonds is 7. The molecule has 0 spiro atoms. The maximum Gasteiger partial charge on any atom is 0.307 e. The summed E-state index contributed by atoms with van der Waals surface area (Å²) in [6.45, 7) is 12.9. The molecule has 0 radical (unpaired) electrons. The third-order valence-electron chi connectivity index (χ3n) is 5.29. The zero-order chi connectivity index (χ0) is 20.3. The van der Waals surface area contributed by atoms with E-state index in [-0.39, 0.29) is 11.8 Å². The molecular formula is C22H29NO3S. The average molecular weight is 388 g/mol. The molecule has 0 unspecified atom stereocenters. The largest absolute Gasteiger partial charge is 0.469 e. The molecule has 146 valence electrons. The van der Waals surface area contributed by atoms with Gasteiger partial charge in [-0.25, -0.2) is 0 Å². The smallest absolute Gasteiger partial charge is 0.307 e. The molecule has 1 heterocycles. The van der Waals surface area contributed by atoms with Crippen molar-refractivity contribution < 1.29 is 14.3 Å². The van der Waals surface area contributed by atoms with Gasteiger partial charge in [-0.1, -0.05) is 6.07 Å². The first-order valence-electron chi connectivity index (χ1n) is 9.14. The second-order valence-electron chi connectivity index (χ2n) is 7.06. The molecule has 2 rings (SSSR count). The van der Waals surface area contributed by atoms with Crippen molar-refractivity contribution >= 4 is 23.5 Å². The fourth-order valence-electron chi connectivity index (χ4n) is 3.35. The van der Waals surface area contributed by atoms with Crippen LogP contribution in [0.15, 0.2) is 17.0 Å². The van der Waals surface area contributed by atoms with Crippen LogP contribution in [0.1, 0.15) is 50.4 Å². The van der Waals surface area contributed by atoms with E-state index >= 15 is 0 Å². The summed E-state index contributed by atoms with van der Waals surface area (Å²) in [5.41, 5.74) is 7.66. The van der Waals surface area contributed by atoms with E-state index in [4.69, 9.17) is 4.74 Å².